The fraction of sp³-hybridized carbons (Fsp3) is 0.182. The molecule has 0 radical (unpaired) electrons. The molecule has 0 aliphatic carbocycles. The average molecular weight is 314 g/mol. The van der Waals surface area contributed by atoms with E-state index in [0.29, 0.717) is 0 Å². The Kier molecular flexibility index (Phi) is 4.06. The maximum Gasteiger partial charge on any atom is 0.0316 e. The summed E-state index contributed by atoms with van der Waals surface area (Å²) in [6.07, 6.45) is 1.09. The van der Waals surface area contributed by atoms with Gasteiger partial charge in [-0.25, -0.2) is 0 Å². The van der Waals surface area contributed by atoms with Crippen molar-refractivity contribution in [1.29, 1.82) is 0 Å². The number of hydrogen-bond donors (Lipinski definition) is 1. The summed E-state index contributed by atoms with van der Waals surface area (Å²) in [5.74, 6) is 0. The lowest BCUT2D eigenvalue weighted by molar-refractivity contribution is 0.245. The molecule has 0 unspecified atom stereocenters. The molecular formula is C22H22N2. The van der Waals surface area contributed by atoms with E-state index in [1.165, 1.54) is 27.8 Å². The van der Waals surface area contributed by atoms with Gasteiger partial charge in [-0.15, -0.1) is 0 Å². The normalized spacial score (nSPS) is 14.3. The highest BCUT2D eigenvalue weighted by Gasteiger charge is 2.16. The number of hydrogen-bond acceptors (Lipinski definition) is 2. The van der Waals surface area contributed by atoms with E-state index in [0.717, 1.165) is 31.7 Å². The van der Waals surface area contributed by atoms with Gasteiger partial charge in [0.25, 0.3) is 0 Å². The highest BCUT2D eigenvalue weighted by molar-refractivity contribution is 5.63. The van der Waals surface area contributed by atoms with E-state index in [1.54, 1.807) is 0 Å². The SMILES string of the molecule is Nc1ccc2c(c1)CCN(Cc1ccc(-c3ccccc3)cc1)C2. The molecule has 1 aliphatic heterocycles. The predicted octanol–water partition coefficient (Wildman–Crippen LogP) is 4.49. The smallest absolute Gasteiger partial charge is 0.0316 e. The summed E-state index contributed by atoms with van der Waals surface area (Å²) >= 11 is 0. The molecule has 0 bridgehead atoms. The topological polar surface area (TPSA) is 29.3 Å². The van der Waals surface area contributed by atoms with Crippen LogP contribution in [-0.4, -0.2) is 11.4 Å². The maximum atomic E-state index is 5.89. The number of benzene rings is 3. The second-order valence-corrected chi connectivity index (χ2v) is 6.55. The van der Waals surface area contributed by atoms with Crippen LogP contribution in [-0.2, 0) is 19.5 Å². The van der Waals surface area contributed by atoms with Gasteiger partial charge in [0.05, 0.1) is 0 Å². The summed E-state index contributed by atoms with van der Waals surface area (Å²) in [4.78, 5) is 2.51. The van der Waals surface area contributed by atoms with Crippen molar-refractivity contribution < 1.29 is 0 Å². The third-order valence-electron chi connectivity index (χ3n) is 4.79. The Labute approximate surface area is 143 Å². The average Bonchev–Trinajstić information content (AvgIpc) is 2.63. The molecule has 2 nitrogen and oxygen atoms in total. The molecule has 1 aliphatic rings. The highest BCUT2D eigenvalue weighted by atomic mass is 15.1. The van der Waals surface area contributed by atoms with Gasteiger partial charge in [0.1, 0.15) is 0 Å². The molecule has 4 rings (SSSR count). The molecule has 0 fully saturated rings. The summed E-state index contributed by atoms with van der Waals surface area (Å²) < 4.78 is 0. The number of rotatable bonds is 3. The molecule has 3 aromatic carbocycles. The minimum Gasteiger partial charge on any atom is -0.399 e. The van der Waals surface area contributed by atoms with Crippen LogP contribution in [0.15, 0.2) is 72.8 Å². The summed E-state index contributed by atoms with van der Waals surface area (Å²) in [6.45, 7) is 3.10. The van der Waals surface area contributed by atoms with E-state index in [9.17, 15) is 0 Å². The number of fused-ring (bicyclic) bond motifs is 1. The predicted molar refractivity (Wildman–Crippen MR) is 101 cm³/mol. The van der Waals surface area contributed by atoms with E-state index in [2.05, 4.69) is 71.6 Å². The zero-order valence-corrected chi connectivity index (χ0v) is 13.8. The Morgan fingerprint density at radius 1 is 0.792 bits per heavy atom. The fourth-order valence-corrected chi connectivity index (χ4v) is 3.46. The molecule has 0 atom stereocenters. The van der Waals surface area contributed by atoms with Crippen LogP contribution >= 0.6 is 0 Å². The third kappa shape index (κ3) is 3.19. The van der Waals surface area contributed by atoms with E-state index in [-0.39, 0.29) is 0 Å². The second-order valence-electron chi connectivity index (χ2n) is 6.55. The lowest BCUT2D eigenvalue weighted by atomic mass is 9.98. The van der Waals surface area contributed by atoms with E-state index in [4.69, 9.17) is 5.73 Å². The second kappa shape index (κ2) is 6.50. The molecule has 3 aromatic rings. The molecule has 0 spiro atoms. The van der Waals surface area contributed by atoms with Crippen LogP contribution in [0.3, 0.4) is 0 Å². The van der Waals surface area contributed by atoms with Crippen molar-refractivity contribution in [3.63, 3.8) is 0 Å². The van der Waals surface area contributed by atoms with Crippen molar-refractivity contribution in [3.05, 3.63) is 89.5 Å². The summed E-state index contributed by atoms with van der Waals surface area (Å²) in [7, 11) is 0. The Bertz CT molecular complexity index is 822. The van der Waals surface area contributed by atoms with Gasteiger partial charge in [0.15, 0.2) is 0 Å². The lowest BCUT2D eigenvalue weighted by Crippen LogP contribution is -2.30. The monoisotopic (exact) mass is 314 g/mol. The molecule has 2 heteroatoms. The van der Waals surface area contributed by atoms with E-state index >= 15 is 0 Å². The molecule has 0 saturated heterocycles. The summed E-state index contributed by atoms with van der Waals surface area (Å²) in [5, 5.41) is 0. The van der Waals surface area contributed by atoms with Crippen LogP contribution < -0.4 is 5.73 Å². The molecule has 1 heterocycles. The first-order valence-corrected chi connectivity index (χ1v) is 8.52. The van der Waals surface area contributed by atoms with Gasteiger partial charge in [-0.2, -0.15) is 0 Å². The molecule has 120 valence electrons. The van der Waals surface area contributed by atoms with Gasteiger partial charge >= 0.3 is 0 Å². The fourth-order valence-electron chi connectivity index (χ4n) is 3.46. The Hall–Kier alpha value is -2.58. The third-order valence-corrected chi connectivity index (χ3v) is 4.79. The summed E-state index contributed by atoms with van der Waals surface area (Å²) in [6, 6.07) is 25.8. The Balaban J connectivity index is 1.45. The molecule has 24 heavy (non-hydrogen) atoms. The van der Waals surface area contributed by atoms with Crippen molar-refractivity contribution in [1.82, 2.24) is 4.90 Å². The maximum absolute atomic E-state index is 5.89. The molecule has 0 amide bonds. The summed E-state index contributed by atoms with van der Waals surface area (Å²) in [5.41, 5.74) is 13.5. The zero-order chi connectivity index (χ0) is 16.4. The lowest BCUT2D eigenvalue weighted by Gasteiger charge is -2.29. The van der Waals surface area contributed by atoms with Crippen molar-refractivity contribution in [3.8, 4) is 11.1 Å². The number of nitrogen functional groups attached to an aromatic ring is 1. The van der Waals surface area contributed by atoms with Crippen LogP contribution in [0.4, 0.5) is 5.69 Å². The van der Waals surface area contributed by atoms with Crippen molar-refractivity contribution in [2.24, 2.45) is 0 Å². The standard InChI is InChI=1S/C22H22N2/c23-22-11-10-21-16-24(13-12-20(21)14-22)15-17-6-8-19(9-7-17)18-4-2-1-3-5-18/h1-11,14H,12-13,15-16,23H2. The number of anilines is 1. The van der Waals surface area contributed by atoms with Gasteiger partial charge in [-0.05, 0) is 46.4 Å². The van der Waals surface area contributed by atoms with Crippen LogP contribution in [0.5, 0.6) is 0 Å². The first-order valence-electron chi connectivity index (χ1n) is 8.52. The molecular weight excluding hydrogens is 292 g/mol. The first kappa shape index (κ1) is 15.0. The van der Waals surface area contributed by atoms with Crippen molar-refractivity contribution in [2.75, 3.05) is 12.3 Å². The number of nitrogens with two attached hydrogens (primary N) is 1. The quantitative estimate of drug-likeness (QED) is 0.722. The highest BCUT2D eigenvalue weighted by Crippen LogP contribution is 2.24. The minimum atomic E-state index is 0.874. The van der Waals surface area contributed by atoms with Crippen molar-refractivity contribution in [2.45, 2.75) is 19.5 Å². The first-order chi connectivity index (χ1) is 11.8. The van der Waals surface area contributed by atoms with E-state index < -0.39 is 0 Å². The van der Waals surface area contributed by atoms with Gasteiger partial charge in [0, 0.05) is 25.3 Å². The van der Waals surface area contributed by atoms with Crippen LogP contribution in [0, 0.1) is 0 Å². The van der Waals surface area contributed by atoms with Gasteiger partial charge in [0.2, 0.25) is 0 Å². The van der Waals surface area contributed by atoms with Crippen LogP contribution in [0.2, 0.25) is 0 Å². The molecule has 2 N–H and O–H groups in total. The largest absolute Gasteiger partial charge is 0.399 e. The van der Waals surface area contributed by atoms with Crippen molar-refractivity contribution >= 4 is 5.69 Å². The zero-order valence-electron chi connectivity index (χ0n) is 13.8. The van der Waals surface area contributed by atoms with E-state index in [1.807, 2.05) is 6.07 Å². The Morgan fingerprint density at radius 3 is 2.33 bits per heavy atom. The van der Waals surface area contributed by atoms with Crippen LogP contribution in [0.1, 0.15) is 16.7 Å². The molecule has 0 aromatic heterocycles. The van der Waals surface area contributed by atoms with Gasteiger partial charge in [-0.3, -0.25) is 4.90 Å². The van der Waals surface area contributed by atoms with Gasteiger partial charge < -0.3 is 5.73 Å². The van der Waals surface area contributed by atoms with Gasteiger partial charge in [-0.1, -0.05) is 60.7 Å². The number of nitrogens with zero attached hydrogens (tertiary/aromatic N) is 1. The minimum absolute atomic E-state index is 0.874. The Morgan fingerprint density at radius 2 is 1.54 bits per heavy atom. The molecule has 0 saturated carbocycles. The van der Waals surface area contributed by atoms with Crippen LogP contribution in [0.25, 0.3) is 11.1 Å².